The summed E-state index contributed by atoms with van der Waals surface area (Å²) in [6.07, 6.45) is 0. The average Bonchev–Trinajstić information content (AvgIpc) is 2.37. The molecule has 0 spiro atoms. The van der Waals surface area contributed by atoms with Crippen LogP contribution in [0.2, 0.25) is 5.02 Å². The molecule has 0 fully saturated rings. The second-order valence-corrected chi connectivity index (χ2v) is 3.74. The number of nitrogens with zero attached hydrogens (tertiary/aromatic N) is 1. The first-order valence-corrected chi connectivity index (χ1v) is 5.57. The monoisotopic (exact) mass is 291 g/mol. The highest BCUT2D eigenvalue weighted by molar-refractivity contribution is 6.58. The first-order valence-electron chi connectivity index (χ1n) is 5.20. The predicted molar refractivity (Wildman–Crippen MR) is 74.6 cm³/mol. The third-order valence-corrected chi connectivity index (χ3v) is 2.24. The zero-order valence-corrected chi connectivity index (χ0v) is 10.8. The molecule has 4 radical (unpaired) electrons. The first-order chi connectivity index (χ1) is 9.43. The summed E-state index contributed by atoms with van der Waals surface area (Å²) in [5, 5.41) is 11.2. The minimum Gasteiger partial charge on any atom is -0.478 e. The summed E-state index contributed by atoms with van der Waals surface area (Å²) in [4.78, 5) is 30.2. The molecular weight excluding hydrogens is 283 g/mol. The summed E-state index contributed by atoms with van der Waals surface area (Å²) in [6.45, 7) is -0.192. The van der Waals surface area contributed by atoms with Crippen molar-refractivity contribution in [2.24, 2.45) is 4.99 Å². The van der Waals surface area contributed by atoms with Crippen LogP contribution < -0.4 is 10.8 Å². The standard InChI is InChI=1S/C10H8B2ClN3O4/c11-4-20-16-10(15-9(12)19)14-7-3-5(8(17)18)1-2-6(7)13/h1-3H,4H2,(H,17,18)(H2,14,15,16,19). The van der Waals surface area contributed by atoms with E-state index < -0.39 is 11.8 Å². The number of carbonyl (C=O) groups is 2. The molecule has 1 rings (SSSR count). The van der Waals surface area contributed by atoms with Gasteiger partial charge >= 0.3 is 5.97 Å². The van der Waals surface area contributed by atoms with Crippen LogP contribution in [-0.2, 0) is 4.84 Å². The average molecular weight is 291 g/mol. The van der Waals surface area contributed by atoms with Crippen molar-refractivity contribution in [1.29, 1.82) is 0 Å². The van der Waals surface area contributed by atoms with E-state index in [9.17, 15) is 9.59 Å². The summed E-state index contributed by atoms with van der Waals surface area (Å²) in [5.74, 6) is -2.23. The molecule has 7 nitrogen and oxygen atoms in total. The number of guanidine groups is 1. The molecule has 1 aromatic rings. The first kappa shape index (κ1) is 16.1. The Morgan fingerprint density at radius 2 is 2.15 bits per heavy atom. The number of aliphatic imine (C=N–C) groups is 1. The quantitative estimate of drug-likeness (QED) is 0.325. The van der Waals surface area contributed by atoms with Gasteiger partial charge in [-0.05, 0) is 18.2 Å². The number of halogens is 1. The van der Waals surface area contributed by atoms with Crippen molar-refractivity contribution < 1.29 is 19.5 Å². The Kier molecular flexibility index (Phi) is 6.08. The Morgan fingerprint density at radius 1 is 1.45 bits per heavy atom. The van der Waals surface area contributed by atoms with Crippen LogP contribution >= 0.6 is 11.6 Å². The van der Waals surface area contributed by atoms with Gasteiger partial charge < -0.3 is 10.4 Å². The second kappa shape index (κ2) is 7.56. The van der Waals surface area contributed by atoms with Crippen molar-refractivity contribution in [2.75, 3.05) is 6.51 Å². The SMILES string of the molecule is [B]CONC(=Nc1cc(C(=O)O)ccc1Cl)NC([B])=O. The summed E-state index contributed by atoms with van der Waals surface area (Å²) in [7, 11) is 10.1. The number of carboxylic acid groups (broad SMARTS) is 1. The molecule has 3 N–H and O–H groups in total. The van der Waals surface area contributed by atoms with Gasteiger partial charge in [0.15, 0.2) is 5.81 Å². The smallest absolute Gasteiger partial charge is 0.335 e. The van der Waals surface area contributed by atoms with Gasteiger partial charge in [0.25, 0.3) is 0 Å². The highest BCUT2D eigenvalue weighted by atomic mass is 35.5. The van der Waals surface area contributed by atoms with Crippen LogP contribution in [0.5, 0.6) is 0 Å². The van der Waals surface area contributed by atoms with E-state index in [1.54, 1.807) is 0 Å². The van der Waals surface area contributed by atoms with E-state index in [0.717, 1.165) is 0 Å². The summed E-state index contributed by atoms with van der Waals surface area (Å²) < 4.78 is 0. The fraction of sp³-hybridized carbons (Fsp3) is 0.100. The van der Waals surface area contributed by atoms with Gasteiger partial charge in [0.2, 0.25) is 13.8 Å². The molecule has 1 amide bonds. The third-order valence-electron chi connectivity index (χ3n) is 1.92. The van der Waals surface area contributed by atoms with E-state index in [4.69, 9.17) is 32.4 Å². The molecule has 0 bridgehead atoms. The lowest BCUT2D eigenvalue weighted by molar-refractivity contribution is 0.0697. The zero-order valence-electron chi connectivity index (χ0n) is 10.1. The molecule has 0 aliphatic heterocycles. The van der Waals surface area contributed by atoms with Crippen molar-refractivity contribution in [3.05, 3.63) is 28.8 Å². The lowest BCUT2D eigenvalue weighted by Gasteiger charge is -2.10. The lowest BCUT2D eigenvalue weighted by atomic mass is 10.1. The number of hydrogen-bond donors (Lipinski definition) is 3. The maximum atomic E-state index is 10.9. The number of amides is 1. The Morgan fingerprint density at radius 3 is 2.70 bits per heavy atom. The topological polar surface area (TPSA) is 100 Å². The summed E-state index contributed by atoms with van der Waals surface area (Å²) in [5.41, 5.74) is 2.31. The molecule has 0 aliphatic carbocycles. The Labute approximate surface area is 122 Å². The molecule has 100 valence electrons. The van der Waals surface area contributed by atoms with E-state index in [1.807, 2.05) is 0 Å². The number of rotatable bonds is 4. The Hall–Kier alpha value is -1.99. The van der Waals surface area contributed by atoms with Gasteiger partial charge in [-0.15, -0.1) is 0 Å². The van der Waals surface area contributed by atoms with Crippen LogP contribution in [0.25, 0.3) is 0 Å². The molecule has 20 heavy (non-hydrogen) atoms. The van der Waals surface area contributed by atoms with Crippen molar-refractivity contribution in [1.82, 2.24) is 10.8 Å². The van der Waals surface area contributed by atoms with Gasteiger partial charge in [0.05, 0.1) is 16.3 Å². The van der Waals surface area contributed by atoms with Gasteiger partial charge in [-0.2, -0.15) is 0 Å². The van der Waals surface area contributed by atoms with Gasteiger partial charge in [-0.3, -0.25) is 9.63 Å². The predicted octanol–water partition coefficient (Wildman–Crippen LogP) is 0.551. The van der Waals surface area contributed by atoms with Crippen molar-refractivity contribution in [2.45, 2.75) is 0 Å². The minimum absolute atomic E-state index is 0.0219. The van der Waals surface area contributed by atoms with Crippen molar-refractivity contribution in [3.63, 3.8) is 0 Å². The fourth-order valence-electron chi connectivity index (χ4n) is 1.15. The number of hydroxylamine groups is 1. The fourth-order valence-corrected chi connectivity index (χ4v) is 1.31. The maximum Gasteiger partial charge on any atom is 0.335 e. The van der Waals surface area contributed by atoms with Crippen molar-refractivity contribution >= 4 is 50.7 Å². The van der Waals surface area contributed by atoms with Crippen LogP contribution in [0.1, 0.15) is 10.4 Å². The van der Waals surface area contributed by atoms with Crippen LogP contribution in [0.3, 0.4) is 0 Å². The van der Waals surface area contributed by atoms with Gasteiger partial charge in [0.1, 0.15) is 7.85 Å². The molecule has 0 saturated heterocycles. The van der Waals surface area contributed by atoms with E-state index >= 15 is 0 Å². The number of carboxylic acids is 1. The van der Waals surface area contributed by atoms with Crippen molar-refractivity contribution in [3.8, 4) is 0 Å². The third kappa shape index (κ3) is 4.94. The number of benzene rings is 1. The highest BCUT2D eigenvalue weighted by Gasteiger charge is 2.09. The van der Waals surface area contributed by atoms with Gasteiger partial charge in [0, 0.05) is 6.51 Å². The molecule has 0 saturated carbocycles. The number of hydrogen-bond acceptors (Lipinski definition) is 4. The van der Waals surface area contributed by atoms with Gasteiger partial charge in [-0.1, -0.05) is 11.6 Å². The summed E-state index contributed by atoms with van der Waals surface area (Å²) >= 11 is 5.88. The van der Waals surface area contributed by atoms with E-state index in [2.05, 4.69) is 20.6 Å². The zero-order chi connectivity index (χ0) is 15.1. The molecular formula is C10H8B2ClN3O4. The normalized spacial score (nSPS) is 10.9. The maximum absolute atomic E-state index is 10.9. The largest absolute Gasteiger partial charge is 0.478 e. The number of nitrogens with one attached hydrogen (secondary N) is 2. The molecule has 0 atom stereocenters. The van der Waals surface area contributed by atoms with Crippen LogP contribution in [0.15, 0.2) is 23.2 Å². The molecule has 0 unspecified atom stereocenters. The van der Waals surface area contributed by atoms with E-state index in [1.165, 1.54) is 18.2 Å². The van der Waals surface area contributed by atoms with Crippen LogP contribution in [-0.4, -0.2) is 45.0 Å². The molecule has 1 aromatic carbocycles. The van der Waals surface area contributed by atoms with E-state index in [-0.39, 0.29) is 28.7 Å². The molecule has 0 aromatic heterocycles. The number of aromatic carboxylic acids is 1. The summed E-state index contributed by atoms with van der Waals surface area (Å²) in [6, 6.07) is 3.89. The van der Waals surface area contributed by atoms with Crippen LogP contribution in [0, 0.1) is 0 Å². The van der Waals surface area contributed by atoms with E-state index in [0.29, 0.717) is 0 Å². The minimum atomic E-state index is -1.14. The van der Waals surface area contributed by atoms with Crippen LogP contribution in [0.4, 0.5) is 10.5 Å². The second-order valence-electron chi connectivity index (χ2n) is 3.33. The lowest BCUT2D eigenvalue weighted by Crippen LogP contribution is -2.40. The number of carbonyl (C=O) groups excluding carboxylic acids is 1. The molecule has 10 heteroatoms. The highest BCUT2D eigenvalue weighted by Crippen LogP contribution is 2.25. The molecule has 0 heterocycles. The Bertz CT molecular complexity index is 553. The molecule has 0 aliphatic rings. The Balaban J connectivity index is 3.10. The van der Waals surface area contributed by atoms with Gasteiger partial charge in [-0.25, -0.2) is 15.3 Å².